The molecule has 0 amide bonds. The lowest BCUT2D eigenvalue weighted by atomic mass is 10.1. The van der Waals surface area contributed by atoms with E-state index in [0.29, 0.717) is 12.7 Å². The number of ether oxygens (including phenoxy) is 2. The summed E-state index contributed by atoms with van der Waals surface area (Å²) < 4.78 is 11.1. The number of benzene rings is 1. The summed E-state index contributed by atoms with van der Waals surface area (Å²) in [6, 6.07) is 8.35. The van der Waals surface area contributed by atoms with Gasteiger partial charge >= 0.3 is 0 Å². The first-order valence-electron chi connectivity index (χ1n) is 10.4. The summed E-state index contributed by atoms with van der Waals surface area (Å²) in [4.78, 5) is 0. The van der Waals surface area contributed by atoms with Crippen molar-refractivity contribution in [1.29, 1.82) is 0 Å². The summed E-state index contributed by atoms with van der Waals surface area (Å²) in [5.74, 6) is 1.01. The van der Waals surface area contributed by atoms with Crippen molar-refractivity contribution in [1.82, 2.24) is 0 Å². The van der Waals surface area contributed by atoms with E-state index in [1.807, 2.05) is 6.07 Å². The summed E-state index contributed by atoms with van der Waals surface area (Å²) in [6.45, 7) is 3.81. The molecule has 1 saturated heterocycles. The topological polar surface area (TPSA) is 21.8 Å². The molecule has 0 aromatic heterocycles. The van der Waals surface area contributed by atoms with E-state index in [0.717, 1.165) is 18.8 Å². The highest BCUT2D eigenvalue weighted by molar-refractivity contribution is 5.34. The van der Waals surface area contributed by atoms with Crippen LogP contribution >= 0.6 is 0 Å². The lowest BCUT2D eigenvalue weighted by molar-refractivity contribution is 0.261. The van der Waals surface area contributed by atoms with Gasteiger partial charge in [0.25, 0.3) is 0 Å². The SMILES string of the molecule is CCCCCCCCCCC/C=C/Cc1ccccc1OCC1CO1. The molecule has 2 rings (SSSR count). The second-order valence-electron chi connectivity index (χ2n) is 7.17. The lowest BCUT2D eigenvalue weighted by Crippen LogP contribution is -2.05. The normalized spacial score (nSPS) is 16.4. The summed E-state index contributed by atoms with van der Waals surface area (Å²) in [5, 5.41) is 0. The van der Waals surface area contributed by atoms with Crippen LogP contribution in [0.3, 0.4) is 0 Å². The zero-order valence-electron chi connectivity index (χ0n) is 16.1. The van der Waals surface area contributed by atoms with Gasteiger partial charge in [-0.3, -0.25) is 0 Å². The highest BCUT2D eigenvalue weighted by atomic mass is 16.6. The molecule has 1 atom stereocenters. The molecule has 1 aromatic rings. The maximum atomic E-state index is 5.86. The van der Waals surface area contributed by atoms with Crippen molar-refractivity contribution in [3.8, 4) is 5.75 Å². The molecule has 0 bridgehead atoms. The number of rotatable bonds is 15. The van der Waals surface area contributed by atoms with E-state index in [-0.39, 0.29) is 0 Å². The van der Waals surface area contributed by atoms with E-state index in [4.69, 9.17) is 9.47 Å². The Morgan fingerprint density at radius 3 is 2.36 bits per heavy atom. The van der Waals surface area contributed by atoms with Crippen molar-refractivity contribution < 1.29 is 9.47 Å². The molecule has 1 unspecified atom stereocenters. The summed E-state index contributed by atoms with van der Waals surface area (Å²) in [7, 11) is 0. The van der Waals surface area contributed by atoms with Gasteiger partial charge in [-0.2, -0.15) is 0 Å². The number of allylic oxidation sites excluding steroid dienone is 2. The van der Waals surface area contributed by atoms with Crippen molar-refractivity contribution in [3.05, 3.63) is 42.0 Å². The molecule has 0 spiro atoms. The summed E-state index contributed by atoms with van der Waals surface area (Å²) in [6.07, 6.45) is 19.7. The predicted molar refractivity (Wildman–Crippen MR) is 106 cm³/mol. The van der Waals surface area contributed by atoms with E-state index in [1.54, 1.807) is 0 Å². The molecule has 2 heteroatoms. The molecule has 140 valence electrons. The molecule has 1 aliphatic rings. The highest BCUT2D eigenvalue weighted by Gasteiger charge is 2.23. The van der Waals surface area contributed by atoms with Gasteiger partial charge in [-0.25, -0.2) is 0 Å². The first kappa shape index (κ1) is 20.0. The van der Waals surface area contributed by atoms with Crippen LogP contribution < -0.4 is 4.74 Å². The zero-order chi connectivity index (χ0) is 17.6. The largest absolute Gasteiger partial charge is 0.490 e. The second-order valence-corrected chi connectivity index (χ2v) is 7.17. The summed E-state index contributed by atoms with van der Waals surface area (Å²) in [5.41, 5.74) is 1.27. The fraction of sp³-hybridized carbons (Fsp3) is 0.652. The molecule has 0 aliphatic carbocycles. The van der Waals surface area contributed by atoms with Gasteiger partial charge in [0.05, 0.1) is 6.61 Å². The van der Waals surface area contributed by atoms with Gasteiger partial charge < -0.3 is 9.47 Å². The molecule has 1 aromatic carbocycles. The molecule has 0 saturated carbocycles. The highest BCUT2D eigenvalue weighted by Crippen LogP contribution is 2.21. The van der Waals surface area contributed by atoms with Crippen LogP contribution in [0, 0.1) is 0 Å². The van der Waals surface area contributed by atoms with Gasteiger partial charge in [0, 0.05) is 0 Å². The Morgan fingerprint density at radius 1 is 0.960 bits per heavy atom. The van der Waals surface area contributed by atoms with Crippen molar-refractivity contribution in [3.63, 3.8) is 0 Å². The Hall–Kier alpha value is -1.28. The van der Waals surface area contributed by atoms with Crippen molar-refractivity contribution in [2.24, 2.45) is 0 Å². The third kappa shape index (κ3) is 9.69. The maximum Gasteiger partial charge on any atom is 0.122 e. The monoisotopic (exact) mass is 344 g/mol. The first-order chi connectivity index (χ1) is 12.4. The van der Waals surface area contributed by atoms with Gasteiger partial charge in [0.2, 0.25) is 0 Å². The van der Waals surface area contributed by atoms with Crippen molar-refractivity contribution in [2.45, 2.75) is 83.7 Å². The van der Waals surface area contributed by atoms with Crippen LogP contribution in [-0.2, 0) is 11.2 Å². The predicted octanol–water partition coefficient (Wildman–Crippen LogP) is 6.48. The van der Waals surface area contributed by atoms with Gasteiger partial charge in [0.1, 0.15) is 18.5 Å². The second kappa shape index (κ2) is 13.0. The molecular weight excluding hydrogens is 308 g/mol. The Balaban J connectivity index is 1.50. The first-order valence-corrected chi connectivity index (χ1v) is 10.4. The molecule has 1 fully saturated rings. The van der Waals surface area contributed by atoms with Gasteiger partial charge in [-0.05, 0) is 30.9 Å². The van der Waals surface area contributed by atoms with Crippen LogP contribution in [0.15, 0.2) is 36.4 Å². The Kier molecular flexibility index (Phi) is 10.4. The quantitative estimate of drug-likeness (QED) is 0.206. The fourth-order valence-corrected chi connectivity index (χ4v) is 3.06. The fourth-order valence-electron chi connectivity index (χ4n) is 3.06. The van der Waals surface area contributed by atoms with E-state index in [9.17, 15) is 0 Å². The average Bonchev–Trinajstić information content (AvgIpc) is 3.46. The summed E-state index contributed by atoms with van der Waals surface area (Å²) >= 11 is 0. The smallest absolute Gasteiger partial charge is 0.122 e. The van der Waals surface area contributed by atoms with Gasteiger partial charge in [-0.15, -0.1) is 0 Å². The average molecular weight is 345 g/mol. The number of epoxide rings is 1. The Morgan fingerprint density at radius 2 is 1.64 bits per heavy atom. The minimum absolute atomic E-state index is 0.315. The number of unbranched alkanes of at least 4 members (excludes halogenated alkanes) is 9. The lowest BCUT2D eigenvalue weighted by Gasteiger charge is -2.08. The number of hydrogen-bond donors (Lipinski definition) is 0. The molecule has 1 heterocycles. The zero-order valence-corrected chi connectivity index (χ0v) is 16.1. The molecule has 1 aliphatic heterocycles. The van der Waals surface area contributed by atoms with E-state index in [2.05, 4.69) is 37.3 Å². The molecule has 2 nitrogen and oxygen atoms in total. The standard InChI is InChI=1S/C23H36O2/c1-2-3-4-5-6-7-8-9-10-11-12-13-16-21-17-14-15-18-23(21)25-20-22-19-24-22/h12-15,17-18,22H,2-11,16,19-20H2,1H3/b13-12+. The number of para-hydroxylation sites is 1. The molecule has 0 radical (unpaired) electrons. The molecule has 25 heavy (non-hydrogen) atoms. The Labute approximate surface area is 154 Å². The van der Waals surface area contributed by atoms with Gasteiger partial charge in [-0.1, -0.05) is 88.6 Å². The maximum absolute atomic E-state index is 5.86. The van der Waals surface area contributed by atoms with Crippen LogP contribution in [-0.4, -0.2) is 19.3 Å². The van der Waals surface area contributed by atoms with E-state index >= 15 is 0 Å². The number of hydrogen-bond acceptors (Lipinski definition) is 2. The minimum Gasteiger partial charge on any atom is -0.490 e. The van der Waals surface area contributed by atoms with E-state index in [1.165, 1.54) is 69.8 Å². The Bertz CT molecular complexity index is 477. The van der Waals surface area contributed by atoms with Crippen LogP contribution in [0.5, 0.6) is 5.75 Å². The van der Waals surface area contributed by atoms with Crippen molar-refractivity contribution >= 4 is 0 Å². The van der Waals surface area contributed by atoms with Crippen LogP contribution in [0.2, 0.25) is 0 Å². The van der Waals surface area contributed by atoms with Gasteiger partial charge in [0.15, 0.2) is 0 Å². The molecular formula is C23H36O2. The van der Waals surface area contributed by atoms with Crippen LogP contribution in [0.1, 0.15) is 76.7 Å². The van der Waals surface area contributed by atoms with Crippen LogP contribution in [0.25, 0.3) is 0 Å². The van der Waals surface area contributed by atoms with Crippen molar-refractivity contribution in [2.75, 3.05) is 13.2 Å². The minimum atomic E-state index is 0.315. The third-order valence-electron chi connectivity index (χ3n) is 4.78. The van der Waals surface area contributed by atoms with Crippen LogP contribution in [0.4, 0.5) is 0 Å². The third-order valence-corrected chi connectivity index (χ3v) is 4.78. The van der Waals surface area contributed by atoms with E-state index < -0.39 is 0 Å². The molecule has 0 N–H and O–H groups in total.